The molecular formula is C12H14ClN3O. The number of halogens is 1. The third-order valence-corrected chi connectivity index (χ3v) is 3.85. The topological polar surface area (TPSA) is 45.2 Å². The number of rotatable bonds is 1. The number of amides is 1. The van der Waals surface area contributed by atoms with Crippen molar-refractivity contribution in [3.05, 3.63) is 29.0 Å². The zero-order valence-corrected chi connectivity index (χ0v) is 10.2. The molecule has 4 nitrogen and oxygen atoms in total. The summed E-state index contributed by atoms with van der Waals surface area (Å²) in [6.45, 7) is 3.76. The van der Waals surface area contributed by atoms with Crippen molar-refractivity contribution >= 4 is 17.5 Å². The lowest BCUT2D eigenvalue weighted by Crippen LogP contribution is -2.32. The number of aromatic nitrogens is 1. The van der Waals surface area contributed by atoms with Crippen LogP contribution in [-0.4, -0.2) is 42.0 Å². The van der Waals surface area contributed by atoms with Gasteiger partial charge in [0.1, 0.15) is 5.69 Å². The minimum Gasteiger partial charge on any atom is -0.337 e. The molecule has 2 aliphatic heterocycles. The number of pyridine rings is 1. The summed E-state index contributed by atoms with van der Waals surface area (Å²) >= 11 is 5.76. The van der Waals surface area contributed by atoms with Crippen molar-refractivity contribution in [1.29, 1.82) is 0 Å². The number of nitrogens with one attached hydrogen (secondary N) is 1. The van der Waals surface area contributed by atoms with Crippen molar-refractivity contribution in [3.63, 3.8) is 0 Å². The Hall–Kier alpha value is -1.13. The van der Waals surface area contributed by atoms with Crippen molar-refractivity contribution < 1.29 is 4.79 Å². The van der Waals surface area contributed by atoms with Gasteiger partial charge in [0.15, 0.2) is 0 Å². The Labute approximate surface area is 105 Å². The number of fused-ring (bicyclic) bond motifs is 1. The van der Waals surface area contributed by atoms with Crippen LogP contribution in [0.2, 0.25) is 5.02 Å². The molecule has 5 heteroatoms. The van der Waals surface area contributed by atoms with Gasteiger partial charge in [0.2, 0.25) is 0 Å². The number of likely N-dealkylation sites (tertiary alicyclic amines) is 1. The molecule has 0 spiro atoms. The maximum absolute atomic E-state index is 12.2. The average molecular weight is 252 g/mol. The highest BCUT2D eigenvalue weighted by atomic mass is 35.5. The van der Waals surface area contributed by atoms with Gasteiger partial charge in [-0.25, -0.2) is 4.98 Å². The molecule has 0 aromatic carbocycles. The van der Waals surface area contributed by atoms with Crippen LogP contribution in [0.25, 0.3) is 0 Å². The smallest absolute Gasteiger partial charge is 0.272 e. The summed E-state index contributed by atoms with van der Waals surface area (Å²) in [5.74, 6) is 1.26. The molecule has 3 rings (SSSR count). The van der Waals surface area contributed by atoms with Gasteiger partial charge < -0.3 is 10.2 Å². The molecule has 2 fully saturated rings. The Kier molecular flexibility index (Phi) is 2.76. The van der Waals surface area contributed by atoms with Crippen LogP contribution < -0.4 is 5.32 Å². The van der Waals surface area contributed by atoms with Crippen molar-refractivity contribution in [3.8, 4) is 0 Å². The van der Waals surface area contributed by atoms with E-state index >= 15 is 0 Å². The van der Waals surface area contributed by atoms with Crippen LogP contribution in [0, 0.1) is 11.8 Å². The first-order valence-electron chi connectivity index (χ1n) is 5.85. The van der Waals surface area contributed by atoms with Crippen molar-refractivity contribution in [1.82, 2.24) is 15.2 Å². The molecule has 1 N–H and O–H groups in total. The normalized spacial score (nSPS) is 27.2. The second-order valence-corrected chi connectivity index (χ2v) is 5.19. The molecule has 1 amide bonds. The van der Waals surface area contributed by atoms with Crippen LogP contribution in [0.3, 0.4) is 0 Å². The first-order chi connectivity index (χ1) is 8.24. The van der Waals surface area contributed by atoms with Gasteiger partial charge in [-0.15, -0.1) is 0 Å². The quantitative estimate of drug-likeness (QED) is 0.811. The van der Waals surface area contributed by atoms with Gasteiger partial charge >= 0.3 is 0 Å². The molecule has 0 aliphatic carbocycles. The zero-order chi connectivity index (χ0) is 11.8. The van der Waals surface area contributed by atoms with Crippen LogP contribution in [-0.2, 0) is 0 Å². The summed E-state index contributed by atoms with van der Waals surface area (Å²) < 4.78 is 0. The van der Waals surface area contributed by atoms with Gasteiger partial charge in [-0.05, 0) is 24.0 Å². The standard InChI is InChI=1S/C12H14ClN3O/c13-10-1-2-11(15-5-10)12(17)16-6-8-3-14-4-9(8)7-16/h1-2,5,8-9,14H,3-4,6-7H2. The SMILES string of the molecule is O=C(c1ccc(Cl)cn1)N1CC2CNCC2C1. The maximum Gasteiger partial charge on any atom is 0.272 e. The van der Waals surface area contributed by atoms with E-state index in [2.05, 4.69) is 10.3 Å². The lowest BCUT2D eigenvalue weighted by Gasteiger charge is -2.16. The molecule has 2 atom stereocenters. The molecule has 0 radical (unpaired) electrons. The maximum atomic E-state index is 12.2. The van der Waals surface area contributed by atoms with Crippen LogP contribution >= 0.6 is 11.6 Å². The van der Waals surface area contributed by atoms with Gasteiger partial charge in [0.05, 0.1) is 5.02 Å². The summed E-state index contributed by atoms with van der Waals surface area (Å²) in [4.78, 5) is 18.2. The van der Waals surface area contributed by atoms with Crippen molar-refractivity contribution in [2.24, 2.45) is 11.8 Å². The third-order valence-electron chi connectivity index (χ3n) is 3.62. The van der Waals surface area contributed by atoms with Gasteiger partial charge in [-0.3, -0.25) is 4.79 Å². The highest BCUT2D eigenvalue weighted by molar-refractivity contribution is 6.30. The number of hydrogen-bond donors (Lipinski definition) is 1. The fourth-order valence-electron chi connectivity index (χ4n) is 2.69. The summed E-state index contributed by atoms with van der Waals surface area (Å²) in [6, 6.07) is 3.40. The monoisotopic (exact) mass is 251 g/mol. The second-order valence-electron chi connectivity index (χ2n) is 4.75. The molecule has 17 heavy (non-hydrogen) atoms. The van der Waals surface area contributed by atoms with Gasteiger partial charge in [-0.2, -0.15) is 0 Å². The molecule has 3 heterocycles. The Morgan fingerprint density at radius 2 is 2.06 bits per heavy atom. The molecule has 2 unspecified atom stereocenters. The van der Waals surface area contributed by atoms with Crippen LogP contribution in [0.15, 0.2) is 18.3 Å². The lowest BCUT2D eigenvalue weighted by molar-refractivity contribution is 0.0776. The van der Waals surface area contributed by atoms with Gasteiger partial charge in [-0.1, -0.05) is 11.6 Å². The third kappa shape index (κ3) is 2.03. The van der Waals surface area contributed by atoms with E-state index in [9.17, 15) is 4.79 Å². The van der Waals surface area contributed by atoms with E-state index < -0.39 is 0 Å². The van der Waals surface area contributed by atoms with Gasteiger partial charge in [0, 0.05) is 32.4 Å². The number of carbonyl (C=O) groups excluding carboxylic acids is 1. The molecule has 1 aromatic heterocycles. The fraction of sp³-hybridized carbons (Fsp3) is 0.500. The Morgan fingerprint density at radius 3 is 2.65 bits per heavy atom. The summed E-state index contributed by atoms with van der Waals surface area (Å²) in [5, 5.41) is 3.92. The zero-order valence-electron chi connectivity index (χ0n) is 9.40. The van der Waals surface area contributed by atoms with E-state index in [-0.39, 0.29) is 5.91 Å². The van der Waals surface area contributed by atoms with Crippen molar-refractivity contribution in [2.45, 2.75) is 0 Å². The molecule has 90 valence electrons. The largest absolute Gasteiger partial charge is 0.337 e. The van der Waals surface area contributed by atoms with Crippen LogP contribution in [0.5, 0.6) is 0 Å². The fourth-order valence-corrected chi connectivity index (χ4v) is 2.80. The Bertz CT molecular complexity index is 422. The lowest BCUT2D eigenvalue weighted by atomic mass is 10.0. The first-order valence-corrected chi connectivity index (χ1v) is 6.23. The van der Waals surface area contributed by atoms with E-state index in [4.69, 9.17) is 11.6 Å². The van der Waals surface area contributed by atoms with E-state index in [1.165, 1.54) is 6.20 Å². The second kappa shape index (κ2) is 4.27. The number of carbonyl (C=O) groups is 1. The summed E-state index contributed by atoms with van der Waals surface area (Å²) in [7, 11) is 0. The molecule has 1 aromatic rings. The van der Waals surface area contributed by atoms with E-state index in [1.807, 2.05) is 4.90 Å². The van der Waals surface area contributed by atoms with Gasteiger partial charge in [0.25, 0.3) is 5.91 Å². The van der Waals surface area contributed by atoms with Crippen LogP contribution in [0.1, 0.15) is 10.5 Å². The Morgan fingerprint density at radius 1 is 1.35 bits per heavy atom. The molecule has 2 saturated heterocycles. The number of nitrogens with zero attached hydrogens (tertiary/aromatic N) is 2. The molecule has 0 bridgehead atoms. The van der Waals surface area contributed by atoms with E-state index in [1.54, 1.807) is 12.1 Å². The summed E-state index contributed by atoms with van der Waals surface area (Å²) in [5.41, 5.74) is 0.488. The Balaban J connectivity index is 1.73. The van der Waals surface area contributed by atoms with E-state index in [0.29, 0.717) is 22.6 Å². The summed E-state index contributed by atoms with van der Waals surface area (Å²) in [6.07, 6.45) is 1.52. The average Bonchev–Trinajstić information content (AvgIpc) is 2.89. The predicted molar refractivity (Wildman–Crippen MR) is 65.0 cm³/mol. The highest BCUT2D eigenvalue weighted by Crippen LogP contribution is 2.27. The molecule has 0 saturated carbocycles. The van der Waals surface area contributed by atoms with Crippen LogP contribution in [0.4, 0.5) is 0 Å². The molecular weight excluding hydrogens is 238 g/mol. The predicted octanol–water partition coefficient (Wildman–Crippen LogP) is 1.03. The minimum absolute atomic E-state index is 0.0241. The minimum atomic E-state index is 0.0241. The van der Waals surface area contributed by atoms with Crippen molar-refractivity contribution in [2.75, 3.05) is 26.2 Å². The van der Waals surface area contributed by atoms with E-state index in [0.717, 1.165) is 26.2 Å². The number of hydrogen-bond acceptors (Lipinski definition) is 3. The highest BCUT2D eigenvalue weighted by Gasteiger charge is 2.38. The molecule has 2 aliphatic rings. The first kappa shape index (κ1) is 11.0.